The zero-order valence-electron chi connectivity index (χ0n) is 22.5. The first-order chi connectivity index (χ1) is 19.6. The Hall–Kier alpha value is -4.07. The summed E-state index contributed by atoms with van der Waals surface area (Å²) in [6, 6.07) is 7.30. The molecule has 0 unspecified atom stereocenters. The molecule has 1 aliphatic heterocycles. The van der Waals surface area contributed by atoms with Gasteiger partial charge < -0.3 is 19.7 Å². The number of amides is 2. The molecule has 0 aliphatic carbocycles. The Kier molecular flexibility index (Phi) is 9.53. The fourth-order valence-electron chi connectivity index (χ4n) is 4.62. The summed E-state index contributed by atoms with van der Waals surface area (Å²) in [6.45, 7) is 4.30. The van der Waals surface area contributed by atoms with Crippen molar-refractivity contribution in [2.45, 2.75) is 45.7 Å². The monoisotopic (exact) mass is 597 g/mol. The van der Waals surface area contributed by atoms with E-state index in [2.05, 4.69) is 15.6 Å². The number of hydrogen-bond acceptors (Lipinski definition) is 6. The lowest BCUT2D eigenvalue weighted by atomic mass is 9.96. The average Bonchev–Trinajstić information content (AvgIpc) is 3.42. The van der Waals surface area contributed by atoms with Crippen molar-refractivity contribution in [1.82, 2.24) is 15.5 Å². The Balaban J connectivity index is 1.50. The maximum absolute atomic E-state index is 13.2. The molecule has 12 heteroatoms. The van der Waals surface area contributed by atoms with Gasteiger partial charge in [-0.15, -0.1) is 0 Å². The highest BCUT2D eigenvalue weighted by molar-refractivity contribution is 6.40. The van der Waals surface area contributed by atoms with E-state index >= 15 is 0 Å². The first kappa shape index (κ1) is 29.9. The molecule has 0 bridgehead atoms. The van der Waals surface area contributed by atoms with Crippen LogP contribution in [0.15, 0.2) is 46.0 Å². The molecule has 4 rings (SSSR count). The number of nitrogens with one attached hydrogen (secondary N) is 2. The molecule has 0 saturated carbocycles. The molecule has 1 aromatic heterocycles. The van der Waals surface area contributed by atoms with Crippen LogP contribution in [0.25, 0.3) is 11.0 Å². The molecule has 0 spiro atoms. The predicted octanol–water partition coefficient (Wildman–Crippen LogP) is 5.03. The zero-order chi connectivity index (χ0) is 29.7. The van der Waals surface area contributed by atoms with Crippen LogP contribution in [0.4, 0.5) is 0 Å². The van der Waals surface area contributed by atoms with Gasteiger partial charge in [0.2, 0.25) is 0 Å². The third-order valence-electron chi connectivity index (χ3n) is 7.13. The number of aliphatic carboxylic acids is 1. The number of carbonyl (C=O) groups is 3. The van der Waals surface area contributed by atoms with E-state index in [1.807, 2.05) is 26.0 Å². The highest BCUT2D eigenvalue weighted by Crippen LogP contribution is 2.35. The van der Waals surface area contributed by atoms with Crippen molar-refractivity contribution in [3.8, 4) is 6.19 Å². The molecule has 0 radical (unpaired) electrons. The number of carbonyl (C=O) groups excluding carboxylic acids is 2. The van der Waals surface area contributed by atoms with Crippen molar-refractivity contribution in [3.05, 3.63) is 68.9 Å². The van der Waals surface area contributed by atoms with Crippen molar-refractivity contribution in [2.75, 3.05) is 13.1 Å². The molecule has 2 aromatic carbocycles. The normalized spacial score (nSPS) is 14.6. The van der Waals surface area contributed by atoms with Gasteiger partial charge in [0.1, 0.15) is 17.5 Å². The Morgan fingerprint density at radius 2 is 2.02 bits per heavy atom. The Morgan fingerprint density at radius 1 is 1.24 bits per heavy atom. The SMILES string of the molecule is CC[C@@H](C)CC(=NC[C@H](NC(=O)c1c(Cl)cc2c(c1Cl)CCN(C(=O)c1ccc3ccoc3c1)C2)C(=O)O)NC#N. The quantitative estimate of drug-likeness (QED) is 0.136. The fraction of sp³-hybridized carbons (Fsp3) is 0.345. The van der Waals surface area contributed by atoms with Gasteiger partial charge in [0.25, 0.3) is 11.8 Å². The molecule has 3 aromatic rings. The smallest absolute Gasteiger partial charge is 0.328 e. The number of nitriles is 1. The van der Waals surface area contributed by atoms with Crippen LogP contribution in [0.2, 0.25) is 10.0 Å². The molecule has 2 heterocycles. The lowest BCUT2D eigenvalue weighted by Gasteiger charge is -2.30. The molecular weight excluding hydrogens is 569 g/mol. The van der Waals surface area contributed by atoms with Crippen LogP contribution >= 0.6 is 23.2 Å². The van der Waals surface area contributed by atoms with Crippen LogP contribution in [-0.4, -0.2) is 52.8 Å². The molecule has 214 valence electrons. The number of fused-ring (bicyclic) bond motifs is 2. The summed E-state index contributed by atoms with van der Waals surface area (Å²) in [6.07, 6.45) is 5.07. The number of rotatable bonds is 9. The Morgan fingerprint density at radius 3 is 2.73 bits per heavy atom. The summed E-state index contributed by atoms with van der Waals surface area (Å²) in [5, 5.41) is 24.7. The van der Waals surface area contributed by atoms with Crippen LogP contribution in [0, 0.1) is 17.4 Å². The maximum atomic E-state index is 13.2. The molecule has 2 amide bonds. The highest BCUT2D eigenvalue weighted by atomic mass is 35.5. The van der Waals surface area contributed by atoms with Gasteiger partial charge in [0.05, 0.1) is 28.4 Å². The molecule has 41 heavy (non-hydrogen) atoms. The third kappa shape index (κ3) is 6.81. The molecule has 3 N–H and O–H groups in total. The van der Waals surface area contributed by atoms with Crippen LogP contribution in [0.5, 0.6) is 0 Å². The molecule has 2 atom stereocenters. The maximum Gasteiger partial charge on any atom is 0.328 e. The van der Waals surface area contributed by atoms with E-state index in [9.17, 15) is 19.5 Å². The number of furan rings is 1. The van der Waals surface area contributed by atoms with E-state index in [0.29, 0.717) is 47.5 Å². The topological polar surface area (TPSA) is 148 Å². The second-order valence-electron chi connectivity index (χ2n) is 9.94. The van der Waals surface area contributed by atoms with Gasteiger partial charge in [-0.3, -0.25) is 19.9 Å². The first-order valence-electron chi connectivity index (χ1n) is 13.1. The fourth-order valence-corrected chi connectivity index (χ4v) is 5.38. The zero-order valence-corrected chi connectivity index (χ0v) is 24.1. The van der Waals surface area contributed by atoms with Crippen molar-refractivity contribution >= 4 is 57.8 Å². The predicted molar refractivity (Wildman–Crippen MR) is 155 cm³/mol. The number of benzene rings is 2. The van der Waals surface area contributed by atoms with Crippen LogP contribution < -0.4 is 10.6 Å². The second-order valence-corrected chi connectivity index (χ2v) is 10.7. The standard InChI is InChI=1S/C29H29Cl2N5O5/c1-3-16(2)10-24(34-15-32)33-13-22(29(39)40)35-27(37)25-21(30)11-19-14-36(8-6-20(19)26(25)31)28(38)18-5-4-17-7-9-41-23(17)12-18/h4-5,7,9,11-12,16,22H,3,6,8,10,13-14H2,1-2H3,(H,33,34)(H,35,37)(H,39,40)/t16-,22+/m1/s1. The second kappa shape index (κ2) is 13.1. The molecule has 0 fully saturated rings. The van der Waals surface area contributed by atoms with Gasteiger partial charge in [-0.2, -0.15) is 5.26 Å². The van der Waals surface area contributed by atoms with Gasteiger partial charge in [-0.1, -0.05) is 49.5 Å². The number of carboxylic acid groups (broad SMARTS) is 1. The van der Waals surface area contributed by atoms with Crippen molar-refractivity contribution in [2.24, 2.45) is 10.9 Å². The van der Waals surface area contributed by atoms with Crippen LogP contribution in [0.3, 0.4) is 0 Å². The van der Waals surface area contributed by atoms with Gasteiger partial charge in [0.15, 0.2) is 6.19 Å². The van der Waals surface area contributed by atoms with Crippen molar-refractivity contribution in [1.29, 1.82) is 5.26 Å². The van der Waals surface area contributed by atoms with Gasteiger partial charge in [-0.25, -0.2) is 4.79 Å². The average molecular weight is 598 g/mol. The Labute approximate surface area is 246 Å². The van der Waals surface area contributed by atoms with Gasteiger partial charge in [0, 0.05) is 30.5 Å². The number of carboxylic acids is 1. The van der Waals surface area contributed by atoms with E-state index in [1.165, 1.54) is 0 Å². The molecule has 10 nitrogen and oxygen atoms in total. The summed E-state index contributed by atoms with van der Waals surface area (Å²) >= 11 is 13.1. The number of halogens is 2. The summed E-state index contributed by atoms with van der Waals surface area (Å²) in [7, 11) is 0. The number of hydrogen-bond donors (Lipinski definition) is 3. The number of aliphatic imine (C=N–C) groups is 1. The summed E-state index contributed by atoms with van der Waals surface area (Å²) in [4.78, 5) is 44.2. The summed E-state index contributed by atoms with van der Waals surface area (Å²) in [5.74, 6) is -1.66. The summed E-state index contributed by atoms with van der Waals surface area (Å²) < 4.78 is 5.42. The minimum absolute atomic E-state index is 0.0359. The number of amidine groups is 1. The molecule has 1 aliphatic rings. The molecular formula is C29H29Cl2N5O5. The largest absolute Gasteiger partial charge is 0.480 e. The first-order valence-corrected chi connectivity index (χ1v) is 13.9. The third-order valence-corrected chi connectivity index (χ3v) is 7.84. The lowest BCUT2D eigenvalue weighted by Crippen LogP contribution is -2.44. The van der Waals surface area contributed by atoms with E-state index in [-0.39, 0.29) is 40.5 Å². The minimum atomic E-state index is -1.38. The van der Waals surface area contributed by atoms with Crippen LogP contribution in [0.1, 0.15) is 58.5 Å². The highest BCUT2D eigenvalue weighted by Gasteiger charge is 2.29. The van der Waals surface area contributed by atoms with Gasteiger partial charge >= 0.3 is 5.97 Å². The lowest BCUT2D eigenvalue weighted by molar-refractivity contribution is -0.138. The van der Waals surface area contributed by atoms with Gasteiger partial charge in [-0.05, 0) is 47.7 Å². The van der Waals surface area contributed by atoms with Crippen molar-refractivity contribution in [3.63, 3.8) is 0 Å². The number of nitrogens with zero attached hydrogens (tertiary/aromatic N) is 3. The van der Waals surface area contributed by atoms with E-state index < -0.39 is 17.9 Å². The Bertz CT molecular complexity index is 1560. The minimum Gasteiger partial charge on any atom is -0.480 e. The van der Waals surface area contributed by atoms with Crippen molar-refractivity contribution < 1.29 is 23.9 Å². The van der Waals surface area contributed by atoms with Crippen LogP contribution in [-0.2, 0) is 17.8 Å². The van der Waals surface area contributed by atoms with E-state index in [0.717, 1.165) is 11.8 Å². The summed E-state index contributed by atoms with van der Waals surface area (Å²) in [5.41, 5.74) is 2.44. The van der Waals surface area contributed by atoms with E-state index in [1.54, 1.807) is 35.6 Å². The molecule has 0 saturated heterocycles. The van der Waals surface area contributed by atoms with E-state index in [4.69, 9.17) is 32.9 Å².